The SMILES string of the molecule is CC(C)(C)c1cc(C(=O)c2ccccc2)c(O)c([N+](=O)[O-])c1. The molecule has 0 aliphatic heterocycles. The van der Waals surface area contributed by atoms with E-state index in [9.17, 15) is 20.0 Å². The van der Waals surface area contributed by atoms with Crippen LogP contribution in [-0.2, 0) is 5.41 Å². The van der Waals surface area contributed by atoms with Crippen LogP contribution in [0.5, 0.6) is 5.75 Å². The lowest BCUT2D eigenvalue weighted by molar-refractivity contribution is -0.386. The number of carbonyl (C=O) groups is 1. The highest BCUT2D eigenvalue weighted by molar-refractivity contribution is 6.11. The Hall–Kier alpha value is -2.69. The Labute approximate surface area is 128 Å². The molecule has 0 aromatic heterocycles. The van der Waals surface area contributed by atoms with Crippen molar-refractivity contribution in [2.45, 2.75) is 26.2 Å². The molecule has 0 unspecified atom stereocenters. The predicted octanol–water partition coefficient (Wildman–Crippen LogP) is 3.83. The summed E-state index contributed by atoms with van der Waals surface area (Å²) in [5.41, 5.74) is 0.107. The number of ketones is 1. The number of phenols is 1. The average Bonchev–Trinajstić information content (AvgIpc) is 2.46. The van der Waals surface area contributed by atoms with E-state index in [0.717, 1.165) is 0 Å². The molecule has 1 N–H and O–H groups in total. The molecule has 5 heteroatoms. The summed E-state index contributed by atoms with van der Waals surface area (Å²) >= 11 is 0. The normalized spacial score (nSPS) is 11.2. The van der Waals surface area contributed by atoms with Gasteiger partial charge in [-0.25, -0.2) is 0 Å². The first kappa shape index (κ1) is 15.7. The van der Waals surface area contributed by atoms with E-state index in [4.69, 9.17) is 0 Å². The molecule has 0 spiro atoms. The highest BCUT2D eigenvalue weighted by Gasteiger charge is 2.27. The molecule has 0 saturated carbocycles. The molecule has 114 valence electrons. The minimum absolute atomic E-state index is 0.0506. The third-order valence-corrected chi connectivity index (χ3v) is 3.43. The quantitative estimate of drug-likeness (QED) is 0.530. The molecule has 2 aromatic carbocycles. The van der Waals surface area contributed by atoms with Gasteiger partial charge >= 0.3 is 5.69 Å². The molecule has 0 radical (unpaired) electrons. The lowest BCUT2D eigenvalue weighted by atomic mass is 9.84. The van der Waals surface area contributed by atoms with Gasteiger partial charge in [-0.15, -0.1) is 0 Å². The van der Waals surface area contributed by atoms with Crippen molar-refractivity contribution in [2.75, 3.05) is 0 Å². The van der Waals surface area contributed by atoms with Crippen LogP contribution in [0.3, 0.4) is 0 Å². The smallest absolute Gasteiger partial charge is 0.311 e. The summed E-state index contributed by atoms with van der Waals surface area (Å²) in [6, 6.07) is 11.2. The summed E-state index contributed by atoms with van der Waals surface area (Å²) < 4.78 is 0. The van der Waals surface area contributed by atoms with Gasteiger partial charge in [-0.2, -0.15) is 0 Å². The van der Waals surface area contributed by atoms with Gasteiger partial charge in [0, 0.05) is 11.6 Å². The molecule has 0 amide bonds. The molecule has 0 atom stereocenters. The molecule has 0 saturated heterocycles. The minimum Gasteiger partial charge on any atom is -0.502 e. The molecular weight excluding hydrogens is 282 g/mol. The van der Waals surface area contributed by atoms with Crippen LogP contribution in [-0.4, -0.2) is 15.8 Å². The number of aromatic hydroxyl groups is 1. The van der Waals surface area contributed by atoms with Gasteiger partial charge in [-0.1, -0.05) is 51.1 Å². The van der Waals surface area contributed by atoms with Crippen molar-refractivity contribution in [1.29, 1.82) is 0 Å². The number of rotatable bonds is 3. The van der Waals surface area contributed by atoms with Gasteiger partial charge in [-0.05, 0) is 17.0 Å². The van der Waals surface area contributed by atoms with Crippen molar-refractivity contribution >= 4 is 11.5 Å². The molecule has 5 nitrogen and oxygen atoms in total. The topological polar surface area (TPSA) is 80.4 Å². The molecule has 2 rings (SSSR count). The monoisotopic (exact) mass is 299 g/mol. The summed E-state index contributed by atoms with van der Waals surface area (Å²) in [6.07, 6.45) is 0. The zero-order chi connectivity index (χ0) is 16.5. The zero-order valence-electron chi connectivity index (χ0n) is 12.7. The van der Waals surface area contributed by atoms with Gasteiger partial charge in [0.15, 0.2) is 5.78 Å². The number of benzene rings is 2. The van der Waals surface area contributed by atoms with Crippen molar-refractivity contribution in [3.63, 3.8) is 0 Å². The first-order valence-electron chi connectivity index (χ1n) is 6.83. The maximum Gasteiger partial charge on any atom is 0.311 e. The first-order valence-corrected chi connectivity index (χ1v) is 6.83. The van der Waals surface area contributed by atoms with Crippen LogP contribution in [0, 0.1) is 10.1 Å². The molecule has 22 heavy (non-hydrogen) atoms. The summed E-state index contributed by atoms with van der Waals surface area (Å²) in [5.74, 6) is -1.03. The second-order valence-corrected chi connectivity index (χ2v) is 6.09. The van der Waals surface area contributed by atoms with Crippen molar-refractivity contribution in [2.24, 2.45) is 0 Å². The summed E-state index contributed by atoms with van der Waals surface area (Å²) in [6.45, 7) is 5.67. The Morgan fingerprint density at radius 3 is 2.23 bits per heavy atom. The fourth-order valence-electron chi connectivity index (χ4n) is 2.11. The Balaban J connectivity index is 2.67. The van der Waals surface area contributed by atoms with Crippen molar-refractivity contribution in [3.05, 3.63) is 69.3 Å². The van der Waals surface area contributed by atoms with Gasteiger partial charge in [0.25, 0.3) is 0 Å². The van der Waals surface area contributed by atoms with E-state index in [-0.39, 0.29) is 11.0 Å². The van der Waals surface area contributed by atoms with Crippen LogP contribution < -0.4 is 0 Å². The standard InChI is InChI=1S/C17H17NO4/c1-17(2,3)12-9-13(16(20)14(10-12)18(21)22)15(19)11-7-5-4-6-8-11/h4-10,20H,1-3H3. The molecule has 0 bridgehead atoms. The molecule has 2 aromatic rings. The van der Waals surface area contributed by atoms with E-state index in [1.807, 2.05) is 20.8 Å². The van der Waals surface area contributed by atoms with Gasteiger partial charge in [0.2, 0.25) is 5.75 Å². The number of hydrogen-bond acceptors (Lipinski definition) is 4. The number of nitro benzene ring substituents is 1. The van der Waals surface area contributed by atoms with Crippen LogP contribution in [0.15, 0.2) is 42.5 Å². The molecule has 0 aliphatic rings. The van der Waals surface area contributed by atoms with Crippen LogP contribution in [0.1, 0.15) is 42.3 Å². The Kier molecular flexibility index (Phi) is 3.99. The summed E-state index contributed by atoms with van der Waals surface area (Å²) in [5, 5.41) is 21.3. The average molecular weight is 299 g/mol. The fraction of sp³-hybridized carbons (Fsp3) is 0.235. The fourth-order valence-corrected chi connectivity index (χ4v) is 2.11. The highest BCUT2D eigenvalue weighted by Crippen LogP contribution is 2.36. The second kappa shape index (κ2) is 5.60. The number of nitro groups is 1. The van der Waals surface area contributed by atoms with Gasteiger partial charge in [0.05, 0.1) is 10.5 Å². The largest absolute Gasteiger partial charge is 0.502 e. The molecular formula is C17H17NO4. The first-order chi connectivity index (χ1) is 10.2. The number of hydrogen-bond donors (Lipinski definition) is 1. The third-order valence-electron chi connectivity index (χ3n) is 3.43. The van der Waals surface area contributed by atoms with E-state index in [1.54, 1.807) is 30.3 Å². The van der Waals surface area contributed by atoms with Crippen molar-refractivity contribution in [3.8, 4) is 5.75 Å². The molecule has 0 heterocycles. The molecule has 0 fully saturated rings. The Morgan fingerprint density at radius 2 is 1.73 bits per heavy atom. The zero-order valence-corrected chi connectivity index (χ0v) is 12.7. The number of nitrogens with zero attached hydrogens (tertiary/aromatic N) is 1. The lowest BCUT2D eigenvalue weighted by Crippen LogP contribution is -2.14. The lowest BCUT2D eigenvalue weighted by Gasteiger charge is -2.20. The van der Waals surface area contributed by atoms with Crippen LogP contribution >= 0.6 is 0 Å². The summed E-state index contributed by atoms with van der Waals surface area (Å²) in [7, 11) is 0. The van der Waals surface area contributed by atoms with Crippen LogP contribution in [0.2, 0.25) is 0 Å². The summed E-state index contributed by atoms with van der Waals surface area (Å²) in [4.78, 5) is 23.0. The van der Waals surface area contributed by atoms with Gasteiger partial charge in [0.1, 0.15) is 0 Å². The number of phenolic OH excluding ortho intramolecular Hbond substituents is 1. The Bertz CT molecular complexity index is 730. The van der Waals surface area contributed by atoms with E-state index in [0.29, 0.717) is 11.1 Å². The van der Waals surface area contributed by atoms with E-state index in [2.05, 4.69) is 0 Å². The van der Waals surface area contributed by atoms with E-state index in [1.165, 1.54) is 12.1 Å². The number of carbonyl (C=O) groups excluding carboxylic acids is 1. The van der Waals surface area contributed by atoms with Crippen LogP contribution in [0.4, 0.5) is 5.69 Å². The van der Waals surface area contributed by atoms with Crippen LogP contribution in [0.25, 0.3) is 0 Å². The predicted molar refractivity (Wildman–Crippen MR) is 83.3 cm³/mol. The van der Waals surface area contributed by atoms with E-state index < -0.39 is 22.1 Å². The molecule has 0 aliphatic carbocycles. The minimum atomic E-state index is -0.674. The Morgan fingerprint density at radius 1 is 1.14 bits per heavy atom. The van der Waals surface area contributed by atoms with Crippen molar-refractivity contribution in [1.82, 2.24) is 0 Å². The second-order valence-electron chi connectivity index (χ2n) is 6.09. The van der Waals surface area contributed by atoms with Gasteiger partial charge in [-0.3, -0.25) is 14.9 Å². The van der Waals surface area contributed by atoms with Gasteiger partial charge < -0.3 is 5.11 Å². The van der Waals surface area contributed by atoms with E-state index >= 15 is 0 Å². The maximum atomic E-state index is 12.5. The highest BCUT2D eigenvalue weighted by atomic mass is 16.6. The van der Waals surface area contributed by atoms with Crippen molar-refractivity contribution < 1.29 is 14.8 Å². The maximum absolute atomic E-state index is 12.5. The third kappa shape index (κ3) is 2.98.